The lowest BCUT2D eigenvalue weighted by Gasteiger charge is -2.37. The average Bonchev–Trinajstić information content (AvgIpc) is 2.32. The number of piperidine rings is 1. The van der Waals surface area contributed by atoms with Gasteiger partial charge in [0, 0.05) is 13.1 Å². The highest BCUT2D eigenvalue weighted by atomic mass is 35.6. The van der Waals surface area contributed by atoms with Crippen LogP contribution in [0.4, 0.5) is 9.59 Å². The second-order valence-corrected chi connectivity index (χ2v) is 9.27. The third-order valence-electron chi connectivity index (χ3n) is 3.00. The number of ether oxygens (including phenoxy) is 2. The summed E-state index contributed by atoms with van der Waals surface area (Å²) in [7, 11) is 0. The molecule has 9 heteroatoms. The fourth-order valence-electron chi connectivity index (χ4n) is 2.29. The van der Waals surface area contributed by atoms with E-state index in [1.807, 2.05) is 27.7 Å². The number of likely N-dealkylation sites (tertiary alicyclic amines) is 1. The van der Waals surface area contributed by atoms with Crippen LogP contribution < -0.4 is 5.32 Å². The van der Waals surface area contributed by atoms with Gasteiger partial charge < -0.3 is 19.7 Å². The molecule has 1 aliphatic heterocycles. The van der Waals surface area contributed by atoms with Crippen molar-refractivity contribution in [1.29, 1.82) is 0 Å². The highest BCUT2D eigenvalue weighted by molar-refractivity contribution is 6.67. The molecule has 0 aromatic rings. The third-order valence-corrected chi connectivity index (χ3v) is 3.33. The molecule has 134 valence electrons. The summed E-state index contributed by atoms with van der Waals surface area (Å²) in [5.74, 6) is 0.217. The lowest BCUT2D eigenvalue weighted by atomic mass is 9.96. The second-order valence-electron chi connectivity index (χ2n) is 6.76. The van der Waals surface area contributed by atoms with E-state index in [4.69, 9.17) is 44.3 Å². The van der Waals surface area contributed by atoms with E-state index in [1.165, 1.54) is 0 Å². The first-order chi connectivity index (χ1) is 10.4. The van der Waals surface area contributed by atoms with E-state index in [1.54, 1.807) is 4.90 Å². The molecular formula is C14H23Cl3N2O4. The summed E-state index contributed by atoms with van der Waals surface area (Å²) in [5, 5.41) is 2.68. The first-order valence-electron chi connectivity index (χ1n) is 7.33. The SMILES string of the molecule is C[C@H]1C[C@@H](NC(=O)OCC(Cl)(Cl)Cl)CN(C(=O)OC(C)(C)C)C1. The first kappa shape index (κ1) is 20.5. The number of halogens is 3. The third kappa shape index (κ3) is 8.72. The van der Waals surface area contributed by atoms with Crippen LogP contribution in [0.15, 0.2) is 0 Å². The summed E-state index contributed by atoms with van der Waals surface area (Å²) in [6.07, 6.45) is -0.354. The Morgan fingerprint density at radius 2 is 1.83 bits per heavy atom. The smallest absolute Gasteiger partial charge is 0.410 e. The minimum Gasteiger partial charge on any atom is -0.445 e. The van der Waals surface area contributed by atoms with Crippen molar-refractivity contribution in [3.8, 4) is 0 Å². The molecule has 1 rings (SSSR count). The molecule has 0 aromatic carbocycles. The zero-order valence-electron chi connectivity index (χ0n) is 13.7. The number of hydrogen-bond donors (Lipinski definition) is 1. The number of hydrogen-bond acceptors (Lipinski definition) is 4. The molecule has 0 aromatic heterocycles. The molecule has 0 saturated carbocycles. The van der Waals surface area contributed by atoms with Gasteiger partial charge in [-0.1, -0.05) is 41.7 Å². The van der Waals surface area contributed by atoms with E-state index in [0.717, 1.165) is 6.42 Å². The van der Waals surface area contributed by atoms with E-state index in [-0.39, 0.29) is 18.6 Å². The summed E-state index contributed by atoms with van der Waals surface area (Å²) < 4.78 is 8.55. The lowest BCUT2D eigenvalue weighted by Crippen LogP contribution is -2.53. The number of alkyl carbamates (subject to hydrolysis) is 1. The number of amides is 2. The lowest BCUT2D eigenvalue weighted by molar-refractivity contribution is 0.0134. The Kier molecular flexibility index (Phi) is 7.11. The maximum Gasteiger partial charge on any atom is 0.410 e. The second kappa shape index (κ2) is 7.99. The summed E-state index contributed by atoms with van der Waals surface area (Å²) in [6, 6.07) is -0.242. The van der Waals surface area contributed by atoms with Crippen LogP contribution in [-0.4, -0.2) is 52.2 Å². The Balaban J connectivity index is 2.54. The minimum absolute atomic E-state index is 0.217. The van der Waals surface area contributed by atoms with Gasteiger partial charge in [-0.3, -0.25) is 0 Å². The number of nitrogens with zero attached hydrogens (tertiary/aromatic N) is 1. The van der Waals surface area contributed by atoms with Crippen LogP contribution >= 0.6 is 34.8 Å². The van der Waals surface area contributed by atoms with Gasteiger partial charge in [0.2, 0.25) is 3.79 Å². The molecule has 6 nitrogen and oxygen atoms in total. The molecule has 2 atom stereocenters. The Morgan fingerprint density at radius 3 is 2.35 bits per heavy atom. The van der Waals surface area contributed by atoms with Gasteiger partial charge in [-0.05, 0) is 33.1 Å². The molecule has 0 aliphatic carbocycles. The van der Waals surface area contributed by atoms with Gasteiger partial charge >= 0.3 is 12.2 Å². The molecule has 0 spiro atoms. The fraction of sp³-hybridized carbons (Fsp3) is 0.857. The topological polar surface area (TPSA) is 67.9 Å². The van der Waals surface area contributed by atoms with E-state index in [0.29, 0.717) is 13.1 Å². The van der Waals surface area contributed by atoms with Crippen molar-refractivity contribution in [2.45, 2.75) is 49.6 Å². The standard InChI is InChI=1S/C14H23Cl3N2O4/c1-9-5-10(18-11(20)22-8-14(15,16)17)7-19(6-9)12(21)23-13(2,3)4/h9-10H,5-8H2,1-4H3,(H,18,20)/t9-,10+/m0/s1. The number of carbonyl (C=O) groups excluding carboxylic acids is 2. The Hall–Kier alpha value is -0.590. The van der Waals surface area contributed by atoms with Crippen LogP contribution in [0, 0.1) is 5.92 Å². The zero-order valence-corrected chi connectivity index (χ0v) is 16.0. The summed E-state index contributed by atoms with van der Waals surface area (Å²) in [5.41, 5.74) is -0.565. The molecule has 23 heavy (non-hydrogen) atoms. The highest BCUT2D eigenvalue weighted by Crippen LogP contribution is 2.26. The maximum absolute atomic E-state index is 12.2. The molecule has 0 bridgehead atoms. The maximum atomic E-state index is 12.2. The zero-order chi connectivity index (χ0) is 17.8. The number of rotatable bonds is 2. The van der Waals surface area contributed by atoms with Gasteiger partial charge in [-0.2, -0.15) is 0 Å². The number of carbonyl (C=O) groups is 2. The van der Waals surface area contributed by atoms with E-state index >= 15 is 0 Å². The normalized spacial score (nSPS) is 22.5. The van der Waals surface area contributed by atoms with Gasteiger partial charge in [0.25, 0.3) is 0 Å². The van der Waals surface area contributed by atoms with Crippen LogP contribution in [0.5, 0.6) is 0 Å². The Morgan fingerprint density at radius 1 is 1.22 bits per heavy atom. The van der Waals surface area contributed by atoms with Crippen molar-refractivity contribution in [3.05, 3.63) is 0 Å². The molecule has 1 heterocycles. The molecule has 0 unspecified atom stereocenters. The van der Waals surface area contributed by atoms with Crippen molar-refractivity contribution in [2.24, 2.45) is 5.92 Å². The molecule has 1 aliphatic rings. The molecule has 1 N–H and O–H groups in total. The first-order valence-corrected chi connectivity index (χ1v) is 8.47. The number of nitrogens with one attached hydrogen (secondary N) is 1. The van der Waals surface area contributed by atoms with E-state index in [9.17, 15) is 9.59 Å². The molecule has 1 saturated heterocycles. The highest BCUT2D eigenvalue weighted by Gasteiger charge is 2.32. The quantitative estimate of drug-likeness (QED) is 0.731. The molecular weight excluding hydrogens is 367 g/mol. The van der Waals surface area contributed by atoms with Crippen LogP contribution in [0.2, 0.25) is 0 Å². The van der Waals surface area contributed by atoms with Crippen molar-refractivity contribution >= 4 is 47.0 Å². The number of alkyl halides is 3. The van der Waals surface area contributed by atoms with Gasteiger partial charge in [0.1, 0.15) is 12.2 Å². The van der Waals surface area contributed by atoms with Gasteiger partial charge in [-0.15, -0.1) is 0 Å². The molecule has 2 amide bonds. The van der Waals surface area contributed by atoms with Gasteiger partial charge in [0.15, 0.2) is 0 Å². The predicted molar refractivity (Wildman–Crippen MR) is 90.1 cm³/mol. The van der Waals surface area contributed by atoms with Gasteiger partial charge in [0.05, 0.1) is 6.04 Å². The van der Waals surface area contributed by atoms with Crippen LogP contribution in [0.1, 0.15) is 34.1 Å². The Bertz CT molecular complexity index is 435. The Labute approximate surface area is 151 Å². The van der Waals surface area contributed by atoms with Gasteiger partial charge in [-0.25, -0.2) is 9.59 Å². The largest absolute Gasteiger partial charge is 0.445 e. The molecule has 1 fully saturated rings. The van der Waals surface area contributed by atoms with Crippen LogP contribution in [-0.2, 0) is 9.47 Å². The van der Waals surface area contributed by atoms with Crippen LogP contribution in [0.25, 0.3) is 0 Å². The summed E-state index contributed by atoms with van der Waals surface area (Å²) in [6.45, 7) is 8.00. The van der Waals surface area contributed by atoms with Crippen molar-refractivity contribution < 1.29 is 19.1 Å². The monoisotopic (exact) mass is 388 g/mol. The average molecular weight is 390 g/mol. The summed E-state index contributed by atoms with van der Waals surface area (Å²) >= 11 is 16.6. The fourth-order valence-corrected chi connectivity index (χ4v) is 2.45. The van der Waals surface area contributed by atoms with E-state index in [2.05, 4.69) is 5.32 Å². The van der Waals surface area contributed by atoms with E-state index < -0.39 is 21.6 Å². The predicted octanol–water partition coefficient (Wildman–Crippen LogP) is 3.73. The van der Waals surface area contributed by atoms with Crippen molar-refractivity contribution in [1.82, 2.24) is 10.2 Å². The minimum atomic E-state index is -1.65. The molecule has 0 radical (unpaired) electrons. The summed E-state index contributed by atoms with van der Waals surface area (Å²) in [4.78, 5) is 25.5. The van der Waals surface area contributed by atoms with Crippen LogP contribution in [0.3, 0.4) is 0 Å². The van der Waals surface area contributed by atoms with Crippen molar-refractivity contribution in [3.63, 3.8) is 0 Å². The van der Waals surface area contributed by atoms with Crippen molar-refractivity contribution in [2.75, 3.05) is 19.7 Å².